The Kier molecular flexibility index (Phi) is 6.00. The maximum atomic E-state index is 13.6. The van der Waals surface area contributed by atoms with E-state index in [4.69, 9.17) is 0 Å². The molecule has 1 atom stereocenters. The number of aryl methyl sites for hydroxylation is 1. The van der Waals surface area contributed by atoms with Crippen LogP contribution < -0.4 is 5.56 Å². The number of benzene rings is 1. The standard InChI is InChI=1S/C20H26F3N3O2S/c1-11-9-13(12(2)25-29(28)18(3,4)5)15-14(10-11)16(27)26(8)17(24-15)19(6,7)20(21,22)23/h9-10H,1-8H3/t29-/m1/s1. The monoisotopic (exact) mass is 429 g/mol. The first-order valence-electron chi connectivity index (χ1n) is 9.04. The van der Waals surface area contributed by atoms with Crippen LogP contribution in [-0.4, -0.2) is 30.7 Å². The van der Waals surface area contributed by atoms with Crippen molar-refractivity contribution in [2.75, 3.05) is 0 Å². The third-order valence-electron chi connectivity index (χ3n) is 4.73. The molecule has 0 aliphatic rings. The Bertz CT molecular complexity index is 1030. The molecule has 0 amide bonds. The normalized spacial score (nSPS) is 15.1. The van der Waals surface area contributed by atoms with Gasteiger partial charge in [-0.1, -0.05) is 4.40 Å². The molecule has 1 heterocycles. The van der Waals surface area contributed by atoms with Crippen LogP contribution in [0.3, 0.4) is 0 Å². The number of aromatic nitrogens is 2. The summed E-state index contributed by atoms with van der Waals surface area (Å²) >= 11 is -1.57. The van der Waals surface area contributed by atoms with E-state index in [9.17, 15) is 22.5 Å². The molecule has 0 radical (unpaired) electrons. The summed E-state index contributed by atoms with van der Waals surface area (Å²) in [5.41, 5.74) is -1.31. The van der Waals surface area contributed by atoms with Crippen molar-refractivity contribution in [2.45, 2.75) is 64.8 Å². The molecule has 5 nitrogen and oxygen atoms in total. The molecule has 2 aromatic rings. The van der Waals surface area contributed by atoms with E-state index in [1.165, 1.54) is 7.05 Å². The molecule has 0 saturated carbocycles. The number of hydrogen-bond donors (Lipinski definition) is 0. The SMILES string of the molecule is CC(=N[S@+]([O-])C(C)(C)C)c1cc(C)cc2c(=O)n(C)c(C(C)(C)C(F)(F)F)nc12. The molecule has 0 spiro atoms. The zero-order chi connectivity index (χ0) is 22.5. The average Bonchev–Trinajstić information content (AvgIpc) is 2.55. The Morgan fingerprint density at radius 1 is 1.17 bits per heavy atom. The fourth-order valence-corrected chi connectivity index (χ4v) is 3.41. The fraction of sp³-hybridized carbons (Fsp3) is 0.550. The molecule has 1 aromatic heterocycles. The van der Waals surface area contributed by atoms with Crippen LogP contribution in [0.25, 0.3) is 10.9 Å². The van der Waals surface area contributed by atoms with Gasteiger partial charge in [-0.25, -0.2) is 4.98 Å². The molecule has 0 fully saturated rings. The van der Waals surface area contributed by atoms with Gasteiger partial charge in [0.1, 0.15) is 27.3 Å². The predicted octanol–water partition coefficient (Wildman–Crippen LogP) is 4.35. The first-order chi connectivity index (χ1) is 13.0. The zero-order valence-electron chi connectivity index (χ0n) is 17.9. The van der Waals surface area contributed by atoms with Gasteiger partial charge in [0.05, 0.1) is 16.6 Å². The number of fused-ring (bicyclic) bond motifs is 1. The first kappa shape index (κ1) is 23.4. The lowest BCUT2D eigenvalue weighted by molar-refractivity contribution is -0.183. The highest BCUT2D eigenvalue weighted by Gasteiger charge is 2.51. The van der Waals surface area contributed by atoms with Gasteiger partial charge in [-0.3, -0.25) is 9.36 Å². The van der Waals surface area contributed by atoms with Crippen LogP contribution in [0.2, 0.25) is 0 Å². The van der Waals surface area contributed by atoms with Crippen molar-refractivity contribution < 1.29 is 17.7 Å². The highest BCUT2D eigenvalue weighted by atomic mass is 32.2. The quantitative estimate of drug-likeness (QED) is 0.538. The van der Waals surface area contributed by atoms with E-state index < -0.39 is 39.1 Å². The molecule has 9 heteroatoms. The molecule has 160 valence electrons. The smallest absolute Gasteiger partial charge is 0.400 e. The Morgan fingerprint density at radius 2 is 1.72 bits per heavy atom. The number of halogens is 3. The minimum absolute atomic E-state index is 0.123. The van der Waals surface area contributed by atoms with Gasteiger partial charge in [-0.2, -0.15) is 13.2 Å². The van der Waals surface area contributed by atoms with Crippen molar-refractivity contribution in [1.29, 1.82) is 0 Å². The molecule has 0 bridgehead atoms. The summed E-state index contributed by atoms with van der Waals surface area (Å²) in [7, 11) is 1.29. The Morgan fingerprint density at radius 3 is 2.21 bits per heavy atom. The van der Waals surface area contributed by atoms with Crippen molar-refractivity contribution >= 4 is 28.0 Å². The van der Waals surface area contributed by atoms with E-state index in [-0.39, 0.29) is 10.9 Å². The second-order valence-corrected chi connectivity index (χ2v) is 10.6. The van der Waals surface area contributed by atoms with Crippen LogP contribution in [0.15, 0.2) is 21.3 Å². The van der Waals surface area contributed by atoms with E-state index in [0.717, 1.165) is 24.0 Å². The van der Waals surface area contributed by atoms with E-state index in [2.05, 4.69) is 9.38 Å². The molecule has 0 aliphatic carbocycles. The zero-order valence-corrected chi connectivity index (χ0v) is 18.7. The van der Waals surface area contributed by atoms with Gasteiger partial charge < -0.3 is 4.55 Å². The van der Waals surface area contributed by atoms with Crippen molar-refractivity contribution in [1.82, 2.24) is 9.55 Å². The minimum Gasteiger partial charge on any atom is -0.591 e. The number of rotatable bonds is 3. The highest BCUT2D eigenvalue weighted by molar-refractivity contribution is 7.91. The van der Waals surface area contributed by atoms with Crippen molar-refractivity contribution in [3.05, 3.63) is 39.4 Å². The maximum absolute atomic E-state index is 13.6. The molecule has 2 rings (SSSR count). The van der Waals surface area contributed by atoms with Crippen LogP contribution in [0, 0.1) is 6.92 Å². The van der Waals surface area contributed by atoms with Gasteiger partial charge in [0, 0.05) is 12.6 Å². The summed E-state index contributed by atoms with van der Waals surface area (Å²) in [6, 6.07) is 3.28. The third-order valence-corrected chi connectivity index (χ3v) is 6.21. The summed E-state index contributed by atoms with van der Waals surface area (Å²) in [5.74, 6) is -0.391. The van der Waals surface area contributed by atoms with Gasteiger partial charge in [-0.05, 0) is 66.2 Å². The fourth-order valence-electron chi connectivity index (χ4n) is 2.79. The van der Waals surface area contributed by atoms with Crippen LogP contribution in [0.5, 0.6) is 0 Å². The van der Waals surface area contributed by atoms with E-state index in [1.54, 1.807) is 46.8 Å². The van der Waals surface area contributed by atoms with Gasteiger partial charge in [-0.15, -0.1) is 0 Å². The molecule has 0 N–H and O–H groups in total. The first-order valence-corrected chi connectivity index (χ1v) is 10.2. The molecule has 0 aliphatic heterocycles. The lowest BCUT2D eigenvalue weighted by atomic mass is 9.90. The van der Waals surface area contributed by atoms with Gasteiger partial charge in [0.2, 0.25) is 0 Å². The summed E-state index contributed by atoms with van der Waals surface area (Å²) < 4.78 is 57.9. The number of nitrogens with zero attached hydrogens (tertiary/aromatic N) is 3. The lowest BCUT2D eigenvalue weighted by Crippen LogP contribution is -2.42. The molecule has 29 heavy (non-hydrogen) atoms. The summed E-state index contributed by atoms with van der Waals surface area (Å²) in [6.07, 6.45) is -4.60. The molecule has 1 aromatic carbocycles. The molecule has 0 unspecified atom stereocenters. The Labute approximate surface area is 171 Å². The summed E-state index contributed by atoms with van der Waals surface area (Å²) in [4.78, 5) is 17.2. The lowest BCUT2D eigenvalue weighted by Gasteiger charge is -2.29. The largest absolute Gasteiger partial charge is 0.591 e. The molecular weight excluding hydrogens is 403 g/mol. The van der Waals surface area contributed by atoms with Gasteiger partial charge in [0.15, 0.2) is 0 Å². The summed E-state index contributed by atoms with van der Waals surface area (Å²) in [5, 5.41) is 0.195. The van der Waals surface area contributed by atoms with E-state index in [1.807, 2.05) is 0 Å². The van der Waals surface area contributed by atoms with Crippen LogP contribution in [0.1, 0.15) is 58.5 Å². The van der Waals surface area contributed by atoms with Crippen LogP contribution >= 0.6 is 0 Å². The van der Waals surface area contributed by atoms with Crippen LogP contribution in [0.4, 0.5) is 13.2 Å². The van der Waals surface area contributed by atoms with Crippen molar-refractivity contribution in [3.8, 4) is 0 Å². The minimum atomic E-state index is -4.60. The van der Waals surface area contributed by atoms with Crippen LogP contribution in [-0.2, 0) is 23.8 Å². The average molecular weight is 430 g/mol. The van der Waals surface area contributed by atoms with Crippen molar-refractivity contribution in [2.24, 2.45) is 11.4 Å². The number of hydrogen-bond acceptors (Lipinski definition) is 4. The van der Waals surface area contributed by atoms with Gasteiger partial charge in [0.25, 0.3) is 5.56 Å². The third kappa shape index (κ3) is 4.35. The topological polar surface area (TPSA) is 70.3 Å². The van der Waals surface area contributed by atoms with E-state index in [0.29, 0.717) is 11.3 Å². The Hall–Kier alpha value is -1.87. The van der Waals surface area contributed by atoms with E-state index >= 15 is 0 Å². The second-order valence-electron chi connectivity index (χ2n) is 8.67. The second kappa shape index (κ2) is 7.43. The van der Waals surface area contributed by atoms with Gasteiger partial charge >= 0.3 is 6.18 Å². The molecule has 0 saturated heterocycles. The Balaban J connectivity index is 2.90. The summed E-state index contributed by atoms with van der Waals surface area (Å²) in [6.45, 7) is 10.7. The predicted molar refractivity (Wildman–Crippen MR) is 111 cm³/mol. The number of alkyl halides is 3. The highest BCUT2D eigenvalue weighted by Crippen LogP contribution is 2.39. The van der Waals surface area contributed by atoms with Crippen molar-refractivity contribution in [3.63, 3.8) is 0 Å². The maximum Gasteiger partial charge on any atom is 0.400 e. The molecular formula is C20H26F3N3O2S.